The zero-order valence-corrected chi connectivity index (χ0v) is 15.2. The summed E-state index contributed by atoms with van der Waals surface area (Å²) in [4.78, 5) is 18.2. The van der Waals surface area contributed by atoms with E-state index >= 15 is 0 Å². The number of rotatable bonds is 7. The van der Waals surface area contributed by atoms with Crippen molar-refractivity contribution in [3.8, 4) is 5.75 Å². The predicted octanol–water partition coefficient (Wildman–Crippen LogP) is 2.73. The molecule has 132 valence electrons. The number of likely N-dealkylation sites (tertiary alicyclic amines) is 1. The molecule has 1 N–H and O–H groups in total. The fourth-order valence-corrected chi connectivity index (χ4v) is 2.70. The minimum Gasteiger partial charge on any atom is -0.487 e. The Morgan fingerprint density at radius 2 is 2.25 bits per heavy atom. The first-order valence-electron chi connectivity index (χ1n) is 8.74. The Morgan fingerprint density at radius 3 is 2.96 bits per heavy atom. The largest absolute Gasteiger partial charge is 0.487 e. The van der Waals surface area contributed by atoms with E-state index in [1.54, 1.807) is 6.20 Å². The molecule has 1 fully saturated rings. The monoisotopic (exact) mass is 331 g/mol. The van der Waals surface area contributed by atoms with Gasteiger partial charge in [-0.25, -0.2) is 0 Å². The summed E-state index contributed by atoms with van der Waals surface area (Å²) in [5.41, 5.74) is 1.03. The van der Waals surface area contributed by atoms with Crippen LogP contribution in [0, 0.1) is 5.92 Å². The van der Waals surface area contributed by atoms with Gasteiger partial charge in [-0.1, -0.05) is 26.0 Å². The van der Waals surface area contributed by atoms with Gasteiger partial charge in [0.05, 0.1) is 12.7 Å². The van der Waals surface area contributed by atoms with Crippen LogP contribution in [0.4, 0.5) is 0 Å². The van der Waals surface area contributed by atoms with Gasteiger partial charge in [-0.3, -0.25) is 9.78 Å². The average Bonchev–Trinajstić information content (AvgIpc) is 3.02. The molecular formula is C19H29N3O2. The van der Waals surface area contributed by atoms with Gasteiger partial charge in [0.2, 0.25) is 5.91 Å². The van der Waals surface area contributed by atoms with Crippen molar-refractivity contribution in [1.29, 1.82) is 0 Å². The minimum absolute atomic E-state index is 0.0406. The van der Waals surface area contributed by atoms with Crippen LogP contribution in [0.25, 0.3) is 6.08 Å². The van der Waals surface area contributed by atoms with Crippen molar-refractivity contribution in [2.75, 3.05) is 20.1 Å². The number of amides is 1. The zero-order chi connectivity index (χ0) is 17.5. The number of hydrogen-bond donors (Lipinski definition) is 1. The van der Waals surface area contributed by atoms with E-state index in [0.29, 0.717) is 12.6 Å². The molecule has 0 bridgehead atoms. The summed E-state index contributed by atoms with van der Waals surface area (Å²) >= 11 is 0. The first-order valence-corrected chi connectivity index (χ1v) is 8.74. The van der Waals surface area contributed by atoms with Crippen molar-refractivity contribution in [2.24, 2.45) is 5.92 Å². The SMILES string of the molecule is CN[C@@H](C)CC=Cc1cncc(O[C@H]2CCN(C(=O)C(C)C)C2)c1. The van der Waals surface area contributed by atoms with Crippen molar-refractivity contribution >= 4 is 12.0 Å². The van der Waals surface area contributed by atoms with Gasteiger partial charge >= 0.3 is 0 Å². The topological polar surface area (TPSA) is 54.5 Å². The van der Waals surface area contributed by atoms with E-state index in [1.165, 1.54) is 0 Å². The molecule has 2 atom stereocenters. The summed E-state index contributed by atoms with van der Waals surface area (Å²) in [7, 11) is 1.96. The van der Waals surface area contributed by atoms with Crippen LogP contribution in [-0.2, 0) is 4.79 Å². The molecule has 1 amide bonds. The molecule has 1 aromatic rings. The second kappa shape index (κ2) is 8.83. The highest BCUT2D eigenvalue weighted by Crippen LogP contribution is 2.20. The van der Waals surface area contributed by atoms with Gasteiger partial charge in [-0.15, -0.1) is 0 Å². The molecule has 1 aliphatic rings. The fourth-order valence-electron chi connectivity index (χ4n) is 2.70. The minimum atomic E-state index is 0.0406. The number of carbonyl (C=O) groups excluding carboxylic acids is 1. The lowest BCUT2D eigenvalue weighted by molar-refractivity contribution is -0.133. The van der Waals surface area contributed by atoms with Crippen LogP contribution in [-0.4, -0.2) is 48.1 Å². The van der Waals surface area contributed by atoms with Gasteiger partial charge in [-0.2, -0.15) is 0 Å². The van der Waals surface area contributed by atoms with Crippen LogP contribution in [0.5, 0.6) is 5.75 Å². The lowest BCUT2D eigenvalue weighted by atomic mass is 10.2. The Morgan fingerprint density at radius 1 is 1.46 bits per heavy atom. The summed E-state index contributed by atoms with van der Waals surface area (Å²) in [5.74, 6) is 1.01. The van der Waals surface area contributed by atoms with Crippen molar-refractivity contribution < 1.29 is 9.53 Å². The van der Waals surface area contributed by atoms with Gasteiger partial charge in [0, 0.05) is 31.1 Å². The third kappa shape index (κ3) is 5.34. The Hall–Kier alpha value is -1.88. The highest BCUT2D eigenvalue weighted by molar-refractivity contribution is 5.78. The molecule has 2 heterocycles. The summed E-state index contributed by atoms with van der Waals surface area (Å²) in [5, 5.41) is 3.21. The Bertz CT molecular complexity index is 571. The van der Waals surface area contributed by atoms with Crippen LogP contribution in [0.2, 0.25) is 0 Å². The van der Waals surface area contributed by atoms with E-state index in [-0.39, 0.29) is 17.9 Å². The normalized spacial score (nSPS) is 19.2. The molecule has 0 unspecified atom stereocenters. The maximum atomic E-state index is 12.0. The van der Waals surface area contributed by atoms with Crippen LogP contribution in [0.3, 0.4) is 0 Å². The number of carbonyl (C=O) groups is 1. The van der Waals surface area contributed by atoms with E-state index in [0.717, 1.165) is 30.7 Å². The van der Waals surface area contributed by atoms with Crippen molar-refractivity contribution in [1.82, 2.24) is 15.2 Å². The van der Waals surface area contributed by atoms with E-state index < -0.39 is 0 Å². The maximum absolute atomic E-state index is 12.0. The molecule has 1 aromatic heterocycles. The predicted molar refractivity (Wildman–Crippen MR) is 96.9 cm³/mol. The Kier molecular flexibility index (Phi) is 6.79. The third-order valence-electron chi connectivity index (χ3n) is 4.28. The number of aromatic nitrogens is 1. The van der Waals surface area contributed by atoms with E-state index in [2.05, 4.69) is 29.4 Å². The highest BCUT2D eigenvalue weighted by Gasteiger charge is 2.28. The smallest absolute Gasteiger partial charge is 0.225 e. The fraction of sp³-hybridized carbons (Fsp3) is 0.579. The number of nitrogens with zero attached hydrogens (tertiary/aromatic N) is 2. The Labute approximate surface area is 145 Å². The van der Waals surface area contributed by atoms with Gasteiger partial charge < -0.3 is 15.0 Å². The van der Waals surface area contributed by atoms with Crippen molar-refractivity contribution in [3.63, 3.8) is 0 Å². The zero-order valence-electron chi connectivity index (χ0n) is 15.2. The van der Waals surface area contributed by atoms with Crippen LogP contribution in [0.15, 0.2) is 24.5 Å². The quantitative estimate of drug-likeness (QED) is 0.835. The molecular weight excluding hydrogens is 302 g/mol. The molecule has 2 rings (SSSR count). The summed E-state index contributed by atoms with van der Waals surface area (Å²) in [6.07, 6.45) is 9.67. The molecule has 0 saturated carbocycles. The number of nitrogens with one attached hydrogen (secondary N) is 1. The van der Waals surface area contributed by atoms with E-state index in [1.807, 2.05) is 38.1 Å². The maximum Gasteiger partial charge on any atom is 0.225 e. The van der Waals surface area contributed by atoms with Gasteiger partial charge in [0.1, 0.15) is 11.9 Å². The molecule has 0 radical (unpaired) electrons. The van der Waals surface area contributed by atoms with E-state index in [9.17, 15) is 4.79 Å². The lowest BCUT2D eigenvalue weighted by Crippen LogP contribution is -2.33. The Balaban J connectivity index is 1.90. The summed E-state index contributed by atoms with van der Waals surface area (Å²) in [6, 6.07) is 2.46. The first-order chi connectivity index (χ1) is 11.5. The highest BCUT2D eigenvalue weighted by atomic mass is 16.5. The third-order valence-corrected chi connectivity index (χ3v) is 4.28. The number of ether oxygens (including phenoxy) is 1. The molecule has 1 aliphatic heterocycles. The summed E-state index contributed by atoms with van der Waals surface area (Å²) in [6.45, 7) is 7.45. The number of hydrogen-bond acceptors (Lipinski definition) is 4. The number of pyridine rings is 1. The average molecular weight is 331 g/mol. The molecule has 24 heavy (non-hydrogen) atoms. The second-order valence-electron chi connectivity index (χ2n) is 6.75. The van der Waals surface area contributed by atoms with Gasteiger partial charge in [-0.05, 0) is 32.0 Å². The molecule has 5 heteroatoms. The lowest BCUT2D eigenvalue weighted by Gasteiger charge is -2.19. The first kappa shape index (κ1) is 18.5. The van der Waals surface area contributed by atoms with E-state index in [4.69, 9.17) is 4.74 Å². The van der Waals surface area contributed by atoms with Crippen LogP contribution in [0.1, 0.15) is 39.2 Å². The molecule has 5 nitrogen and oxygen atoms in total. The molecule has 0 spiro atoms. The van der Waals surface area contributed by atoms with Crippen LogP contribution >= 0.6 is 0 Å². The second-order valence-corrected chi connectivity index (χ2v) is 6.75. The standard InChI is InChI=1S/C19H29N3O2/c1-14(2)19(23)22-9-8-17(13-22)24-18-10-16(11-21-12-18)7-5-6-15(3)20-4/h5,7,10-12,14-15,17,20H,6,8-9,13H2,1-4H3/t15-,17-/m0/s1. The van der Waals surface area contributed by atoms with Crippen molar-refractivity contribution in [2.45, 2.75) is 45.8 Å². The molecule has 1 saturated heterocycles. The van der Waals surface area contributed by atoms with Gasteiger partial charge in [0.25, 0.3) is 0 Å². The van der Waals surface area contributed by atoms with Crippen molar-refractivity contribution in [3.05, 3.63) is 30.1 Å². The van der Waals surface area contributed by atoms with Gasteiger partial charge in [0.15, 0.2) is 0 Å². The molecule has 0 aromatic carbocycles. The molecule has 0 aliphatic carbocycles. The summed E-state index contributed by atoms with van der Waals surface area (Å²) < 4.78 is 6.02. The van der Waals surface area contributed by atoms with Crippen LogP contribution < -0.4 is 10.1 Å².